The highest BCUT2D eigenvalue weighted by atomic mass is 32.1. The average Bonchev–Trinajstić information content (AvgIpc) is 3.40. The standard InChI is InChI=1S/C19H21N5O2S2/c25-19(14-4-1-7-20-18(14)27)24-11-9-23(10-12-24)8-2-6-16-21-17(22-26-16)15-5-3-13-28-15/h1,3-5,7,13H,2,6,8-12H2,(H,20,27). The molecule has 0 aliphatic carbocycles. The molecule has 3 aromatic heterocycles. The van der Waals surface area contributed by atoms with Gasteiger partial charge in [-0.1, -0.05) is 23.4 Å². The SMILES string of the molecule is O=C(c1ccc[nH]c1=S)N1CCN(CCCc2nc(-c3cccs3)no2)CC1. The van der Waals surface area contributed by atoms with Crippen LogP contribution >= 0.6 is 23.6 Å². The molecule has 4 rings (SSSR count). The Kier molecular flexibility index (Phi) is 5.94. The van der Waals surface area contributed by atoms with Crippen LogP contribution < -0.4 is 0 Å². The zero-order valence-electron chi connectivity index (χ0n) is 15.3. The molecule has 3 aromatic rings. The molecule has 1 fully saturated rings. The third-order valence-corrected chi connectivity index (χ3v) is 5.99. The molecule has 0 radical (unpaired) electrons. The molecule has 146 valence electrons. The molecule has 0 bridgehead atoms. The Hall–Kier alpha value is -2.36. The van der Waals surface area contributed by atoms with Gasteiger partial charge in [0.1, 0.15) is 4.64 Å². The van der Waals surface area contributed by atoms with Crippen LogP contribution in [0.5, 0.6) is 0 Å². The molecule has 0 spiro atoms. The Morgan fingerprint density at radius 2 is 2.11 bits per heavy atom. The summed E-state index contributed by atoms with van der Waals surface area (Å²) in [6.07, 6.45) is 3.45. The molecule has 0 saturated carbocycles. The van der Waals surface area contributed by atoms with Crippen LogP contribution in [0.25, 0.3) is 10.7 Å². The number of nitrogens with one attached hydrogen (secondary N) is 1. The van der Waals surface area contributed by atoms with E-state index in [1.165, 1.54) is 0 Å². The van der Waals surface area contributed by atoms with E-state index in [9.17, 15) is 4.79 Å². The van der Waals surface area contributed by atoms with Gasteiger partial charge in [-0.05, 0) is 36.5 Å². The van der Waals surface area contributed by atoms with Gasteiger partial charge in [0.25, 0.3) is 5.91 Å². The Morgan fingerprint density at radius 3 is 2.86 bits per heavy atom. The molecule has 4 heterocycles. The molecule has 0 unspecified atom stereocenters. The highest BCUT2D eigenvalue weighted by Gasteiger charge is 2.22. The normalized spacial score (nSPS) is 15.1. The number of amides is 1. The van der Waals surface area contributed by atoms with Crippen molar-refractivity contribution in [1.82, 2.24) is 24.9 Å². The van der Waals surface area contributed by atoms with Crippen LogP contribution in [-0.2, 0) is 6.42 Å². The van der Waals surface area contributed by atoms with Crippen molar-refractivity contribution in [2.75, 3.05) is 32.7 Å². The molecule has 1 N–H and O–H groups in total. The third kappa shape index (κ3) is 4.37. The number of aromatic nitrogens is 3. The lowest BCUT2D eigenvalue weighted by atomic mass is 10.2. The van der Waals surface area contributed by atoms with Crippen LogP contribution in [0.4, 0.5) is 0 Å². The van der Waals surface area contributed by atoms with Gasteiger partial charge in [0.2, 0.25) is 11.7 Å². The fourth-order valence-corrected chi connectivity index (χ4v) is 4.12. The number of carbonyl (C=O) groups excluding carboxylic acids is 1. The smallest absolute Gasteiger partial charge is 0.256 e. The Balaban J connectivity index is 1.22. The minimum Gasteiger partial charge on any atom is -0.352 e. The van der Waals surface area contributed by atoms with Crippen molar-refractivity contribution < 1.29 is 9.32 Å². The number of hydrogen-bond acceptors (Lipinski definition) is 7. The first kappa shape index (κ1) is 19.0. The first-order chi connectivity index (χ1) is 13.7. The predicted molar refractivity (Wildman–Crippen MR) is 110 cm³/mol. The number of pyridine rings is 1. The van der Waals surface area contributed by atoms with Gasteiger partial charge in [-0.15, -0.1) is 11.3 Å². The quantitative estimate of drug-likeness (QED) is 0.623. The van der Waals surface area contributed by atoms with Gasteiger partial charge in [0.15, 0.2) is 0 Å². The zero-order valence-corrected chi connectivity index (χ0v) is 17.0. The first-order valence-electron chi connectivity index (χ1n) is 9.26. The second-order valence-corrected chi connectivity index (χ2v) is 8.00. The zero-order chi connectivity index (χ0) is 19.3. The van der Waals surface area contributed by atoms with E-state index >= 15 is 0 Å². The highest BCUT2D eigenvalue weighted by molar-refractivity contribution is 7.71. The summed E-state index contributed by atoms with van der Waals surface area (Å²) in [5.74, 6) is 1.35. The van der Waals surface area contributed by atoms with Crippen molar-refractivity contribution in [2.24, 2.45) is 0 Å². The van der Waals surface area contributed by atoms with E-state index < -0.39 is 0 Å². The maximum absolute atomic E-state index is 12.6. The van der Waals surface area contributed by atoms with E-state index in [2.05, 4.69) is 20.0 Å². The van der Waals surface area contributed by atoms with E-state index in [4.69, 9.17) is 16.7 Å². The van der Waals surface area contributed by atoms with Gasteiger partial charge in [-0.3, -0.25) is 9.69 Å². The minimum atomic E-state index is 0.00784. The van der Waals surface area contributed by atoms with E-state index in [0.29, 0.717) is 35.0 Å². The summed E-state index contributed by atoms with van der Waals surface area (Å²) < 4.78 is 5.84. The van der Waals surface area contributed by atoms with Crippen molar-refractivity contribution in [3.8, 4) is 10.7 Å². The third-order valence-electron chi connectivity index (χ3n) is 4.78. The molecular formula is C19H21N5O2S2. The topological polar surface area (TPSA) is 78.3 Å². The summed E-state index contributed by atoms with van der Waals surface area (Å²) in [5.41, 5.74) is 0.573. The summed E-state index contributed by atoms with van der Waals surface area (Å²) in [4.78, 5) is 25.3. The number of aromatic amines is 1. The summed E-state index contributed by atoms with van der Waals surface area (Å²) in [6, 6.07) is 7.55. The number of aryl methyl sites for hydroxylation is 1. The number of rotatable bonds is 6. The average molecular weight is 416 g/mol. The van der Waals surface area contributed by atoms with Crippen LogP contribution in [0.2, 0.25) is 0 Å². The highest BCUT2D eigenvalue weighted by Crippen LogP contribution is 2.21. The van der Waals surface area contributed by atoms with Gasteiger partial charge in [0, 0.05) is 38.8 Å². The summed E-state index contributed by atoms with van der Waals surface area (Å²) >= 11 is 6.82. The molecule has 9 heteroatoms. The minimum absolute atomic E-state index is 0.00784. The molecule has 1 amide bonds. The molecule has 1 saturated heterocycles. The van der Waals surface area contributed by atoms with Crippen molar-refractivity contribution in [2.45, 2.75) is 12.8 Å². The van der Waals surface area contributed by atoms with Crippen molar-refractivity contribution in [1.29, 1.82) is 0 Å². The number of piperazine rings is 1. The summed E-state index contributed by atoms with van der Waals surface area (Å²) in [5, 5.41) is 6.05. The number of nitrogens with zero attached hydrogens (tertiary/aromatic N) is 4. The molecule has 28 heavy (non-hydrogen) atoms. The second-order valence-electron chi connectivity index (χ2n) is 6.64. The Bertz CT molecular complexity index is 974. The van der Waals surface area contributed by atoms with E-state index in [1.807, 2.05) is 22.4 Å². The van der Waals surface area contributed by atoms with Crippen LogP contribution in [-0.4, -0.2) is 63.6 Å². The van der Waals surface area contributed by atoms with Crippen molar-refractivity contribution >= 4 is 29.5 Å². The van der Waals surface area contributed by atoms with E-state index in [0.717, 1.165) is 37.4 Å². The van der Waals surface area contributed by atoms with Crippen molar-refractivity contribution in [3.05, 3.63) is 51.9 Å². The largest absolute Gasteiger partial charge is 0.352 e. The van der Waals surface area contributed by atoms with Gasteiger partial charge in [-0.25, -0.2) is 0 Å². The van der Waals surface area contributed by atoms with Crippen LogP contribution in [0, 0.1) is 4.64 Å². The van der Waals surface area contributed by atoms with Crippen LogP contribution in [0.3, 0.4) is 0 Å². The Labute approximate surface area is 172 Å². The molecular weight excluding hydrogens is 394 g/mol. The molecule has 1 aliphatic heterocycles. The number of H-pyrrole nitrogens is 1. The fraction of sp³-hybridized carbons (Fsp3) is 0.368. The summed E-state index contributed by atoms with van der Waals surface area (Å²) in [6.45, 7) is 4.10. The van der Waals surface area contributed by atoms with E-state index in [-0.39, 0.29) is 5.91 Å². The van der Waals surface area contributed by atoms with Gasteiger partial charge < -0.3 is 14.4 Å². The molecule has 7 nitrogen and oxygen atoms in total. The summed E-state index contributed by atoms with van der Waals surface area (Å²) in [7, 11) is 0. The maximum atomic E-state index is 12.6. The molecule has 0 aromatic carbocycles. The number of thiophene rings is 1. The lowest BCUT2D eigenvalue weighted by molar-refractivity contribution is 0.0634. The number of carbonyl (C=O) groups is 1. The lowest BCUT2D eigenvalue weighted by Crippen LogP contribution is -2.49. The second kappa shape index (κ2) is 8.76. The van der Waals surface area contributed by atoms with Crippen molar-refractivity contribution in [3.63, 3.8) is 0 Å². The molecule has 1 aliphatic rings. The van der Waals surface area contributed by atoms with Gasteiger partial charge in [-0.2, -0.15) is 4.98 Å². The predicted octanol–water partition coefficient (Wildman–Crippen LogP) is 3.25. The van der Waals surface area contributed by atoms with Gasteiger partial charge >= 0.3 is 0 Å². The maximum Gasteiger partial charge on any atom is 0.256 e. The fourth-order valence-electron chi connectivity index (χ4n) is 3.25. The van der Waals surface area contributed by atoms with E-state index in [1.54, 1.807) is 29.7 Å². The van der Waals surface area contributed by atoms with Crippen LogP contribution in [0.1, 0.15) is 22.7 Å². The first-order valence-corrected chi connectivity index (χ1v) is 10.6. The lowest BCUT2D eigenvalue weighted by Gasteiger charge is -2.34. The monoisotopic (exact) mass is 415 g/mol. The van der Waals surface area contributed by atoms with Crippen LogP contribution in [0.15, 0.2) is 40.4 Å². The van der Waals surface area contributed by atoms with Gasteiger partial charge in [0.05, 0.1) is 10.4 Å². The Morgan fingerprint density at radius 1 is 1.25 bits per heavy atom. The number of hydrogen-bond donors (Lipinski definition) is 1. The molecule has 0 atom stereocenters.